The summed E-state index contributed by atoms with van der Waals surface area (Å²) in [5.74, 6) is -2.51. The molecule has 1 saturated carbocycles. The Morgan fingerprint density at radius 2 is 2.05 bits per heavy atom. The molecule has 0 bridgehead atoms. The maximum atomic E-state index is 12.9. The number of aromatic hydroxyl groups is 1. The third-order valence-corrected chi connectivity index (χ3v) is 2.98. The molecule has 0 heterocycles. The molecule has 1 aromatic rings. The zero-order valence-electron chi connectivity index (χ0n) is 10.2. The van der Waals surface area contributed by atoms with Crippen molar-refractivity contribution in [3.8, 4) is 5.75 Å². The van der Waals surface area contributed by atoms with Crippen LogP contribution in [0.2, 0.25) is 0 Å². The molecule has 5 nitrogen and oxygen atoms in total. The lowest BCUT2D eigenvalue weighted by Crippen LogP contribution is -2.37. The summed E-state index contributed by atoms with van der Waals surface area (Å²) in [6.07, 6.45) is 1.94. The second kappa shape index (κ2) is 5.26. The number of carbonyl (C=O) groups is 2. The van der Waals surface area contributed by atoms with Crippen LogP contribution in [0.15, 0.2) is 18.2 Å². The van der Waals surface area contributed by atoms with Gasteiger partial charge < -0.3 is 15.1 Å². The lowest BCUT2D eigenvalue weighted by Gasteiger charge is -2.21. The van der Waals surface area contributed by atoms with Crippen LogP contribution in [0.1, 0.15) is 23.2 Å². The zero-order chi connectivity index (χ0) is 14.0. The van der Waals surface area contributed by atoms with Crippen LogP contribution in [0.5, 0.6) is 5.75 Å². The normalized spacial score (nSPS) is 14.2. The molecule has 0 radical (unpaired) electrons. The van der Waals surface area contributed by atoms with Crippen LogP contribution in [0, 0.1) is 11.7 Å². The van der Waals surface area contributed by atoms with E-state index in [-0.39, 0.29) is 5.56 Å². The Kier molecular flexibility index (Phi) is 3.69. The van der Waals surface area contributed by atoms with Crippen molar-refractivity contribution in [2.45, 2.75) is 12.8 Å². The molecule has 0 aromatic heterocycles. The Bertz CT molecular complexity index is 513. The van der Waals surface area contributed by atoms with Crippen molar-refractivity contribution in [3.63, 3.8) is 0 Å². The quantitative estimate of drug-likeness (QED) is 0.846. The highest BCUT2D eigenvalue weighted by molar-refractivity contribution is 5.98. The van der Waals surface area contributed by atoms with Crippen molar-refractivity contribution < 1.29 is 24.2 Å². The molecule has 0 saturated heterocycles. The first-order valence-corrected chi connectivity index (χ1v) is 5.97. The third-order valence-electron chi connectivity index (χ3n) is 2.98. The minimum absolute atomic E-state index is 0.0803. The minimum atomic E-state index is -1.12. The Hall–Kier alpha value is -2.11. The topological polar surface area (TPSA) is 77.8 Å². The van der Waals surface area contributed by atoms with Crippen LogP contribution in [0.25, 0.3) is 0 Å². The van der Waals surface area contributed by atoms with E-state index >= 15 is 0 Å². The SMILES string of the molecule is O=C(O)CN(CC1CC1)C(=O)c1ccc(F)cc1O. The third kappa shape index (κ3) is 3.43. The maximum absolute atomic E-state index is 12.9. The van der Waals surface area contributed by atoms with E-state index < -0.39 is 30.0 Å². The van der Waals surface area contributed by atoms with Gasteiger partial charge in [-0.1, -0.05) is 0 Å². The molecule has 1 amide bonds. The van der Waals surface area contributed by atoms with Gasteiger partial charge in [-0.05, 0) is 30.9 Å². The fourth-order valence-corrected chi connectivity index (χ4v) is 1.85. The standard InChI is InChI=1S/C13H14FNO4/c14-9-3-4-10(11(16)5-9)13(19)15(7-12(17)18)6-8-1-2-8/h3-5,8,16H,1-2,6-7H2,(H,17,18). The van der Waals surface area contributed by atoms with Gasteiger partial charge in [-0.2, -0.15) is 0 Å². The number of nitrogens with zero attached hydrogens (tertiary/aromatic N) is 1. The van der Waals surface area contributed by atoms with Crippen molar-refractivity contribution in [2.75, 3.05) is 13.1 Å². The van der Waals surface area contributed by atoms with Crippen molar-refractivity contribution in [1.82, 2.24) is 4.90 Å². The van der Waals surface area contributed by atoms with Gasteiger partial charge in [0.2, 0.25) is 0 Å². The summed E-state index contributed by atoms with van der Waals surface area (Å²) in [5, 5.41) is 18.4. The molecule has 0 aliphatic heterocycles. The fraction of sp³-hybridized carbons (Fsp3) is 0.385. The molecule has 6 heteroatoms. The lowest BCUT2D eigenvalue weighted by atomic mass is 10.1. The van der Waals surface area contributed by atoms with E-state index in [2.05, 4.69) is 0 Å². The second-order valence-electron chi connectivity index (χ2n) is 4.68. The Morgan fingerprint density at radius 1 is 1.37 bits per heavy atom. The molecule has 1 aliphatic carbocycles. The molecular formula is C13H14FNO4. The number of rotatable bonds is 5. The molecule has 1 aliphatic rings. The van der Waals surface area contributed by atoms with Crippen molar-refractivity contribution >= 4 is 11.9 Å². The van der Waals surface area contributed by atoms with Crippen molar-refractivity contribution in [1.29, 1.82) is 0 Å². The number of carbonyl (C=O) groups excluding carboxylic acids is 1. The molecule has 102 valence electrons. The van der Waals surface area contributed by atoms with Gasteiger partial charge in [0.15, 0.2) is 0 Å². The fourth-order valence-electron chi connectivity index (χ4n) is 1.85. The second-order valence-corrected chi connectivity index (χ2v) is 4.68. The number of hydrogen-bond donors (Lipinski definition) is 2. The van der Waals surface area contributed by atoms with Crippen LogP contribution in [0.4, 0.5) is 4.39 Å². The van der Waals surface area contributed by atoms with Crippen LogP contribution in [0.3, 0.4) is 0 Å². The van der Waals surface area contributed by atoms with E-state index in [9.17, 15) is 19.1 Å². The summed E-state index contributed by atoms with van der Waals surface area (Å²) in [6, 6.07) is 3.06. The smallest absolute Gasteiger partial charge is 0.323 e. The highest BCUT2D eigenvalue weighted by atomic mass is 19.1. The van der Waals surface area contributed by atoms with E-state index in [4.69, 9.17) is 5.11 Å². The van der Waals surface area contributed by atoms with Gasteiger partial charge in [0.25, 0.3) is 5.91 Å². The first-order valence-electron chi connectivity index (χ1n) is 5.97. The molecule has 2 rings (SSSR count). The van der Waals surface area contributed by atoms with Gasteiger partial charge in [-0.25, -0.2) is 4.39 Å². The summed E-state index contributed by atoms with van der Waals surface area (Å²) in [6.45, 7) is -0.0753. The number of benzene rings is 1. The summed E-state index contributed by atoms with van der Waals surface area (Å²) in [5.41, 5.74) is -0.0803. The van der Waals surface area contributed by atoms with E-state index in [1.165, 1.54) is 4.90 Å². The Labute approximate surface area is 109 Å². The number of carboxylic acids is 1. The highest BCUT2D eigenvalue weighted by Gasteiger charge is 2.29. The van der Waals surface area contributed by atoms with Crippen molar-refractivity contribution in [3.05, 3.63) is 29.6 Å². The van der Waals surface area contributed by atoms with Crippen LogP contribution in [-0.4, -0.2) is 40.1 Å². The summed E-state index contributed by atoms with van der Waals surface area (Å²) < 4.78 is 12.9. The van der Waals surface area contributed by atoms with E-state index in [0.717, 1.165) is 31.0 Å². The monoisotopic (exact) mass is 267 g/mol. The predicted octanol–water partition coefficient (Wildman–Crippen LogP) is 1.47. The molecule has 1 aromatic carbocycles. The first kappa shape index (κ1) is 13.3. The molecule has 19 heavy (non-hydrogen) atoms. The largest absolute Gasteiger partial charge is 0.507 e. The molecule has 0 atom stereocenters. The number of aliphatic carboxylic acids is 1. The van der Waals surface area contributed by atoms with Gasteiger partial charge in [0.1, 0.15) is 18.1 Å². The number of amides is 1. The van der Waals surface area contributed by atoms with Crippen LogP contribution >= 0.6 is 0 Å². The molecule has 0 spiro atoms. The van der Waals surface area contributed by atoms with Gasteiger partial charge in [0, 0.05) is 12.6 Å². The van der Waals surface area contributed by atoms with E-state index in [1.54, 1.807) is 0 Å². The van der Waals surface area contributed by atoms with Gasteiger partial charge in [-0.3, -0.25) is 9.59 Å². The Morgan fingerprint density at radius 3 is 2.58 bits per heavy atom. The molecular weight excluding hydrogens is 253 g/mol. The number of carboxylic acid groups (broad SMARTS) is 1. The van der Waals surface area contributed by atoms with Gasteiger partial charge in [0.05, 0.1) is 5.56 Å². The molecule has 0 unspecified atom stereocenters. The first-order chi connectivity index (χ1) is 8.97. The maximum Gasteiger partial charge on any atom is 0.323 e. The van der Waals surface area contributed by atoms with Crippen LogP contribution in [-0.2, 0) is 4.79 Å². The summed E-state index contributed by atoms with van der Waals surface area (Å²) in [7, 11) is 0. The van der Waals surface area contributed by atoms with Crippen molar-refractivity contribution in [2.24, 2.45) is 5.92 Å². The zero-order valence-corrected chi connectivity index (χ0v) is 10.2. The summed E-state index contributed by atoms with van der Waals surface area (Å²) in [4.78, 5) is 24.1. The number of halogens is 1. The molecule has 2 N–H and O–H groups in total. The van der Waals surface area contributed by atoms with Gasteiger partial charge in [-0.15, -0.1) is 0 Å². The van der Waals surface area contributed by atoms with E-state index in [0.29, 0.717) is 12.5 Å². The average molecular weight is 267 g/mol. The lowest BCUT2D eigenvalue weighted by molar-refractivity contribution is -0.137. The molecule has 1 fully saturated rings. The summed E-state index contributed by atoms with van der Waals surface area (Å²) >= 11 is 0. The number of hydrogen-bond acceptors (Lipinski definition) is 3. The number of phenolic OH excluding ortho intramolecular Hbond substituents is 1. The minimum Gasteiger partial charge on any atom is -0.507 e. The highest BCUT2D eigenvalue weighted by Crippen LogP contribution is 2.30. The van der Waals surface area contributed by atoms with E-state index in [1.807, 2.05) is 0 Å². The average Bonchev–Trinajstić information content (AvgIpc) is 3.10. The number of phenols is 1. The van der Waals surface area contributed by atoms with Crippen LogP contribution < -0.4 is 0 Å². The Balaban J connectivity index is 2.19. The predicted molar refractivity (Wildman–Crippen MR) is 64.3 cm³/mol. The van der Waals surface area contributed by atoms with Gasteiger partial charge >= 0.3 is 5.97 Å².